The molecule has 0 amide bonds. The Balaban J connectivity index is 2.40. The van der Waals surface area contributed by atoms with Gasteiger partial charge in [0.2, 0.25) is 0 Å². The monoisotopic (exact) mass is 268 g/mol. The molecule has 1 rings (SSSR count). The topological polar surface area (TPSA) is 26.3 Å². The molecule has 1 aromatic carbocycles. The second-order valence-corrected chi connectivity index (χ2v) is 4.65. The molecule has 0 atom stereocenters. The van der Waals surface area contributed by atoms with Crippen molar-refractivity contribution in [3.8, 4) is 0 Å². The smallest absolute Gasteiger partial charge is 0.305 e. The zero-order valence-electron chi connectivity index (χ0n) is 11.2. The maximum absolute atomic E-state index is 11.2. The highest BCUT2D eigenvalue weighted by Gasteiger charge is 2.06. The Bertz CT molecular complexity index is 388. The molecule has 0 N–H and O–H groups in total. The molecule has 2 nitrogen and oxygen atoms in total. The second-order valence-electron chi connectivity index (χ2n) is 4.24. The molecule has 0 aliphatic heterocycles. The fraction of sp³-hybridized carbons (Fsp3) is 0.533. The normalized spacial score (nSPS) is 10.4. The van der Waals surface area contributed by atoms with Crippen LogP contribution in [0, 0.1) is 0 Å². The quantitative estimate of drug-likeness (QED) is 0.548. The summed E-state index contributed by atoms with van der Waals surface area (Å²) in [6.45, 7) is 4.41. The highest BCUT2D eigenvalue weighted by atomic mass is 35.5. The first-order chi connectivity index (χ1) is 8.69. The zero-order valence-corrected chi connectivity index (χ0v) is 11.9. The van der Waals surface area contributed by atoms with Crippen molar-refractivity contribution in [2.75, 3.05) is 6.61 Å². The van der Waals surface area contributed by atoms with Crippen LogP contribution in [0.4, 0.5) is 0 Å². The Morgan fingerprint density at radius 3 is 2.72 bits per heavy atom. The van der Waals surface area contributed by atoms with E-state index in [0.29, 0.717) is 13.0 Å². The average molecular weight is 269 g/mol. The molecule has 0 spiro atoms. The van der Waals surface area contributed by atoms with Crippen LogP contribution in [-0.4, -0.2) is 12.6 Å². The van der Waals surface area contributed by atoms with E-state index in [0.717, 1.165) is 30.7 Å². The molecule has 0 aliphatic carbocycles. The molecule has 0 heterocycles. The van der Waals surface area contributed by atoms with E-state index in [9.17, 15) is 4.79 Å². The number of halogens is 1. The van der Waals surface area contributed by atoms with Gasteiger partial charge in [0.25, 0.3) is 0 Å². The molecule has 0 aliphatic rings. The summed E-state index contributed by atoms with van der Waals surface area (Å²) >= 11 is 6.16. The molecule has 0 saturated heterocycles. The third kappa shape index (κ3) is 4.69. The van der Waals surface area contributed by atoms with Gasteiger partial charge in [0.15, 0.2) is 0 Å². The number of carbonyl (C=O) groups is 1. The van der Waals surface area contributed by atoms with E-state index in [1.165, 1.54) is 11.1 Å². The number of aryl methyl sites for hydroxylation is 1. The van der Waals surface area contributed by atoms with E-state index >= 15 is 0 Å². The van der Waals surface area contributed by atoms with Gasteiger partial charge >= 0.3 is 5.97 Å². The summed E-state index contributed by atoms with van der Waals surface area (Å²) in [6, 6.07) is 6.04. The first-order valence-corrected chi connectivity index (χ1v) is 6.98. The first kappa shape index (κ1) is 15.0. The minimum atomic E-state index is -0.0979. The van der Waals surface area contributed by atoms with Gasteiger partial charge in [-0.3, -0.25) is 4.79 Å². The van der Waals surface area contributed by atoms with E-state index in [4.69, 9.17) is 16.3 Å². The predicted molar refractivity (Wildman–Crippen MR) is 75.0 cm³/mol. The summed E-state index contributed by atoms with van der Waals surface area (Å²) in [5.74, 6) is -0.0979. The van der Waals surface area contributed by atoms with Gasteiger partial charge < -0.3 is 4.74 Å². The van der Waals surface area contributed by atoms with E-state index in [1.807, 2.05) is 19.1 Å². The van der Waals surface area contributed by atoms with E-state index in [-0.39, 0.29) is 5.97 Å². The maximum atomic E-state index is 11.2. The number of carbonyl (C=O) groups excluding carboxylic acids is 1. The summed E-state index contributed by atoms with van der Waals surface area (Å²) in [5.41, 5.74) is 2.53. The van der Waals surface area contributed by atoms with Crippen LogP contribution in [-0.2, 0) is 22.4 Å². The number of esters is 1. The fourth-order valence-electron chi connectivity index (χ4n) is 2.05. The summed E-state index contributed by atoms with van der Waals surface area (Å²) in [5, 5.41) is 0.848. The highest BCUT2D eigenvalue weighted by Crippen LogP contribution is 2.22. The van der Waals surface area contributed by atoms with Gasteiger partial charge in [-0.05, 0) is 49.8 Å². The molecule has 3 heteroatoms. The van der Waals surface area contributed by atoms with Crippen molar-refractivity contribution in [1.82, 2.24) is 0 Å². The third-order valence-corrected chi connectivity index (χ3v) is 3.31. The lowest BCUT2D eigenvalue weighted by Gasteiger charge is -2.09. The predicted octanol–water partition coefficient (Wildman–Crippen LogP) is 4.18. The van der Waals surface area contributed by atoms with Crippen LogP contribution in [0.25, 0.3) is 0 Å². The van der Waals surface area contributed by atoms with Crippen molar-refractivity contribution in [1.29, 1.82) is 0 Å². The lowest BCUT2D eigenvalue weighted by atomic mass is 9.99. The summed E-state index contributed by atoms with van der Waals surface area (Å²) < 4.78 is 4.90. The minimum Gasteiger partial charge on any atom is -0.466 e. The van der Waals surface area contributed by atoms with Crippen molar-refractivity contribution in [2.45, 2.75) is 46.0 Å². The molecule has 0 radical (unpaired) electrons. The largest absolute Gasteiger partial charge is 0.466 e. The minimum absolute atomic E-state index is 0.0979. The number of benzene rings is 1. The number of rotatable bonds is 7. The highest BCUT2D eigenvalue weighted by molar-refractivity contribution is 6.31. The van der Waals surface area contributed by atoms with Gasteiger partial charge in [-0.2, -0.15) is 0 Å². The second kappa shape index (κ2) is 8.15. The van der Waals surface area contributed by atoms with Gasteiger partial charge in [-0.15, -0.1) is 0 Å². The van der Waals surface area contributed by atoms with Crippen molar-refractivity contribution in [3.63, 3.8) is 0 Å². The Hall–Kier alpha value is -1.02. The molecule has 1 aromatic rings. The summed E-state index contributed by atoms with van der Waals surface area (Å²) in [6.07, 6.45) is 4.30. The van der Waals surface area contributed by atoms with E-state index in [2.05, 4.69) is 13.0 Å². The average Bonchev–Trinajstić information content (AvgIpc) is 2.35. The van der Waals surface area contributed by atoms with Crippen LogP contribution < -0.4 is 0 Å². The van der Waals surface area contributed by atoms with Gasteiger partial charge in [-0.25, -0.2) is 0 Å². The third-order valence-electron chi connectivity index (χ3n) is 2.95. The lowest BCUT2D eigenvalue weighted by molar-refractivity contribution is -0.143. The molecule has 18 heavy (non-hydrogen) atoms. The molecule has 100 valence electrons. The maximum Gasteiger partial charge on any atom is 0.305 e. The molecule has 0 aromatic heterocycles. The number of ether oxygens (including phenoxy) is 1. The van der Waals surface area contributed by atoms with E-state index < -0.39 is 0 Å². The van der Waals surface area contributed by atoms with Crippen LogP contribution in [0.5, 0.6) is 0 Å². The van der Waals surface area contributed by atoms with Gasteiger partial charge in [0, 0.05) is 11.4 Å². The van der Waals surface area contributed by atoms with Crippen molar-refractivity contribution in [2.24, 2.45) is 0 Å². The Kier molecular flexibility index (Phi) is 6.81. The molecule has 0 bridgehead atoms. The Morgan fingerprint density at radius 1 is 1.28 bits per heavy atom. The molecule has 0 fully saturated rings. The molecule has 0 unspecified atom stereocenters. The van der Waals surface area contributed by atoms with Crippen LogP contribution in [0.1, 0.15) is 44.2 Å². The van der Waals surface area contributed by atoms with Crippen molar-refractivity contribution >= 4 is 17.6 Å². The summed E-state index contributed by atoms with van der Waals surface area (Å²) in [4.78, 5) is 11.2. The number of hydrogen-bond donors (Lipinski definition) is 0. The van der Waals surface area contributed by atoms with Crippen molar-refractivity contribution in [3.05, 3.63) is 34.3 Å². The van der Waals surface area contributed by atoms with Crippen LogP contribution in [0.2, 0.25) is 5.02 Å². The Labute approximate surface area is 114 Å². The van der Waals surface area contributed by atoms with Crippen molar-refractivity contribution < 1.29 is 9.53 Å². The fourth-order valence-corrected chi connectivity index (χ4v) is 2.38. The summed E-state index contributed by atoms with van der Waals surface area (Å²) in [7, 11) is 0. The number of unbranched alkanes of at least 4 members (excludes halogenated alkanes) is 1. The lowest BCUT2D eigenvalue weighted by Crippen LogP contribution is -2.03. The standard InChI is InChI=1S/C15H21ClO2/c1-3-13-12(9-7-10-14(13)16)8-5-6-11-15(17)18-4-2/h7,9-10H,3-6,8,11H2,1-2H3. The van der Waals surface area contributed by atoms with Gasteiger partial charge in [0.1, 0.15) is 0 Å². The van der Waals surface area contributed by atoms with E-state index in [1.54, 1.807) is 0 Å². The zero-order chi connectivity index (χ0) is 13.4. The first-order valence-electron chi connectivity index (χ1n) is 6.60. The molecule has 0 saturated carbocycles. The molecular formula is C15H21ClO2. The van der Waals surface area contributed by atoms with Gasteiger partial charge in [0.05, 0.1) is 6.61 Å². The molecular weight excluding hydrogens is 248 g/mol. The SMILES string of the molecule is CCOC(=O)CCCCc1cccc(Cl)c1CC. The van der Waals surface area contributed by atoms with Crippen LogP contribution in [0.3, 0.4) is 0 Å². The Morgan fingerprint density at radius 2 is 2.06 bits per heavy atom. The van der Waals surface area contributed by atoms with Crippen LogP contribution in [0.15, 0.2) is 18.2 Å². The van der Waals surface area contributed by atoms with Crippen LogP contribution >= 0.6 is 11.6 Å². The number of hydrogen-bond acceptors (Lipinski definition) is 2. The van der Waals surface area contributed by atoms with Gasteiger partial charge in [-0.1, -0.05) is 30.7 Å².